The Balaban J connectivity index is 3.19. The van der Waals surface area contributed by atoms with Crippen LogP contribution in [-0.2, 0) is 0 Å². The molecule has 0 unspecified atom stereocenters. The van der Waals surface area contributed by atoms with Gasteiger partial charge in [0.25, 0.3) is 5.69 Å². The number of aromatic carboxylic acids is 1. The number of benzene rings is 1. The maximum absolute atomic E-state index is 12.0. The quantitative estimate of drug-likeness (QED) is 0.463. The minimum absolute atomic E-state index is 0.00708. The van der Waals surface area contributed by atoms with Crippen molar-refractivity contribution in [2.45, 2.75) is 6.42 Å². The van der Waals surface area contributed by atoms with Crippen molar-refractivity contribution in [3.8, 4) is 11.5 Å². The number of carbonyl (C=O) groups is 1. The van der Waals surface area contributed by atoms with E-state index in [0.717, 1.165) is 12.1 Å². The monoisotopic (exact) mass is 273 g/mol. The minimum Gasteiger partial charge on any atom is -0.493 e. The van der Waals surface area contributed by atoms with Crippen LogP contribution >= 0.6 is 0 Å². The zero-order valence-corrected chi connectivity index (χ0v) is 10.1. The summed E-state index contributed by atoms with van der Waals surface area (Å²) >= 11 is 0. The highest BCUT2D eigenvalue weighted by atomic mass is 19.1. The zero-order chi connectivity index (χ0) is 14.4. The molecule has 0 aliphatic carbocycles. The Morgan fingerprint density at radius 1 is 1.47 bits per heavy atom. The second kappa shape index (κ2) is 6.53. The Kier molecular flexibility index (Phi) is 5.04. The van der Waals surface area contributed by atoms with Crippen LogP contribution in [0.15, 0.2) is 12.1 Å². The maximum Gasteiger partial charge on any atom is 0.342 e. The number of nitrogens with zero attached hydrogens (tertiary/aromatic N) is 1. The molecular formula is C11H12FNO6. The number of rotatable bonds is 7. The SMILES string of the molecule is COc1cc(C(=O)O)c([N+](=O)[O-])cc1OCCCF. The summed E-state index contributed by atoms with van der Waals surface area (Å²) in [7, 11) is 1.27. The molecule has 0 aliphatic heterocycles. The third-order valence-electron chi connectivity index (χ3n) is 2.24. The van der Waals surface area contributed by atoms with Gasteiger partial charge in [0.15, 0.2) is 11.5 Å². The summed E-state index contributed by atoms with van der Waals surface area (Å²) in [5.41, 5.74) is -1.11. The lowest BCUT2D eigenvalue weighted by Crippen LogP contribution is -2.06. The molecule has 0 aliphatic rings. The molecule has 104 valence electrons. The molecule has 8 heteroatoms. The molecular weight excluding hydrogens is 261 g/mol. The Hall–Kier alpha value is -2.38. The van der Waals surface area contributed by atoms with E-state index in [1.807, 2.05) is 0 Å². The van der Waals surface area contributed by atoms with E-state index in [4.69, 9.17) is 14.6 Å². The summed E-state index contributed by atoms with van der Waals surface area (Å²) in [6.45, 7) is -0.575. The molecule has 0 spiro atoms. The molecule has 1 N–H and O–H groups in total. The first kappa shape index (κ1) is 14.7. The first-order valence-electron chi connectivity index (χ1n) is 5.29. The average molecular weight is 273 g/mol. The zero-order valence-electron chi connectivity index (χ0n) is 10.1. The van der Waals surface area contributed by atoms with Crippen molar-refractivity contribution in [3.05, 3.63) is 27.8 Å². The number of methoxy groups -OCH3 is 1. The van der Waals surface area contributed by atoms with Crippen molar-refractivity contribution in [3.63, 3.8) is 0 Å². The van der Waals surface area contributed by atoms with E-state index in [1.165, 1.54) is 7.11 Å². The van der Waals surface area contributed by atoms with Crippen LogP contribution < -0.4 is 9.47 Å². The van der Waals surface area contributed by atoms with Crippen LogP contribution in [0.2, 0.25) is 0 Å². The molecule has 1 aromatic carbocycles. The van der Waals surface area contributed by atoms with Crippen molar-refractivity contribution in [1.82, 2.24) is 0 Å². The predicted octanol–water partition coefficient (Wildman–Crippen LogP) is 2.04. The van der Waals surface area contributed by atoms with Crippen LogP contribution in [0.5, 0.6) is 11.5 Å². The lowest BCUT2D eigenvalue weighted by atomic mass is 10.1. The van der Waals surface area contributed by atoms with Gasteiger partial charge in [-0.25, -0.2) is 4.79 Å². The second-order valence-corrected chi connectivity index (χ2v) is 3.47. The first-order valence-corrected chi connectivity index (χ1v) is 5.29. The van der Waals surface area contributed by atoms with Crippen LogP contribution in [0.25, 0.3) is 0 Å². The number of hydrogen-bond donors (Lipinski definition) is 1. The lowest BCUT2D eigenvalue weighted by molar-refractivity contribution is -0.385. The summed E-state index contributed by atoms with van der Waals surface area (Å²) in [4.78, 5) is 20.9. The van der Waals surface area contributed by atoms with Gasteiger partial charge in [0, 0.05) is 12.5 Å². The van der Waals surface area contributed by atoms with Crippen molar-refractivity contribution in [2.24, 2.45) is 0 Å². The summed E-state index contributed by atoms with van der Waals surface area (Å²) in [6.07, 6.45) is 0.123. The van der Waals surface area contributed by atoms with Crippen LogP contribution in [-0.4, -0.2) is 36.4 Å². The fourth-order valence-electron chi connectivity index (χ4n) is 1.38. The van der Waals surface area contributed by atoms with Crippen molar-refractivity contribution < 1.29 is 28.7 Å². The highest BCUT2D eigenvalue weighted by Crippen LogP contribution is 2.34. The number of nitro benzene ring substituents is 1. The largest absolute Gasteiger partial charge is 0.493 e. The van der Waals surface area contributed by atoms with Gasteiger partial charge in [0.2, 0.25) is 0 Å². The molecule has 7 nitrogen and oxygen atoms in total. The van der Waals surface area contributed by atoms with Gasteiger partial charge in [-0.1, -0.05) is 0 Å². The molecule has 0 radical (unpaired) electrons. The highest BCUT2D eigenvalue weighted by Gasteiger charge is 2.24. The number of halogens is 1. The van der Waals surface area contributed by atoms with E-state index >= 15 is 0 Å². The van der Waals surface area contributed by atoms with E-state index in [2.05, 4.69) is 0 Å². The fraction of sp³-hybridized carbons (Fsp3) is 0.364. The van der Waals surface area contributed by atoms with Gasteiger partial charge >= 0.3 is 5.97 Å². The summed E-state index contributed by atoms with van der Waals surface area (Å²) in [5.74, 6) is -1.39. The molecule has 0 bridgehead atoms. The highest BCUT2D eigenvalue weighted by molar-refractivity contribution is 5.93. The van der Waals surface area contributed by atoms with Crippen molar-refractivity contribution in [2.75, 3.05) is 20.4 Å². The van der Waals surface area contributed by atoms with Crippen molar-refractivity contribution in [1.29, 1.82) is 0 Å². The van der Waals surface area contributed by atoms with Crippen LogP contribution in [0, 0.1) is 10.1 Å². The number of carboxylic acid groups (broad SMARTS) is 1. The van der Waals surface area contributed by atoms with E-state index in [1.54, 1.807) is 0 Å². The molecule has 0 saturated heterocycles. The summed E-state index contributed by atoms with van der Waals surface area (Å²) in [5, 5.41) is 19.7. The Labute approximate surface area is 107 Å². The van der Waals surface area contributed by atoms with Gasteiger partial charge in [0.1, 0.15) is 5.56 Å². The number of ether oxygens (including phenoxy) is 2. The van der Waals surface area contributed by atoms with Crippen LogP contribution in [0.4, 0.5) is 10.1 Å². The molecule has 0 atom stereocenters. The standard InChI is InChI=1S/C11H12FNO6/c1-18-9-5-7(11(14)15)8(13(16)17)6-10(9)19-4-2-3-12/h5-6H,2-4H2,1H3,(H,14,15). The van der Waals surface area contributed by atoms with Gasteiger partial charge in [-0.15, -0.1) is 0 Å². The maximum atomic E-state index is 12.0. The Bertz CT molecular complexity index is 490. The molecule has 1 aromatic rings. The first-order chi connectivity index (χ1) is 9.01. The van der Waals surface area contributed by atoms with Gasteiger partial charge in [-0.2, -0.15) is 0 Å². The minimum atomic E-state index is -1.44. The van der Waals surface area contributed by atoms with Gasteiger partial charge in [-0.3, -0.25) is 14.5 Å². The number of carboxylic acids is 1. The lowest BCUT2D eigenvalue weighted by Gasteiger charge is -2.11. The topological polar surface area (TPSA) is 98.9 Å². The van der Waals surface area contributed by atoms with E-state index in [0.29, 0.717) is 0 Å². The Morgan fingerprint density at radius 3 is 2.63 bits per heavy atom. The van der Waals surface area contributed by atoms with Gasteiger partial charge in [-0.05, 0) is 0 Å². The van der Waals surface area contributed by atoms with E-state index in [-0.39, 0.29) is 24.5 Å². The number of hydrogen-bond acceptors (Lipinski definition) is 5. The third-order valence-corrected chi connectivity index (χ3v) is 2.24. The fourth-order valence-corrected chi connectivity index (χ4v) is 1.38. The molecule has 0 aromatic heterocycles. The third kappa shape index (κ3) is 3.54. The molecule has 0 saturated carbocycles. The average Bonchev–Trinajstić information content (AvgIpc) is 2.38. The molecule has 0 amide bonds. The Morgan fingerprint density at radius 2 is 2.16 bits per heavy atom. The van der Waals surface area contributed by atoms with Crippen molar-refractivity contribution >= 4 is 11.7 Å². The second-order valence-electron chi connectivity index (χ2n) is 3.47. The number of nitro groups is 1. The molecule has 1 rings (SSSR count). The summed E-state index contributed by atoms with van der Waals surface area (Å²) in [6, 6.07) is 1.96. The van der Waals surface area contributed by atoms with E-state index < -0.39 is 28.8 Å². The normalized spacial score (nSPS) is 10.0. The number of alkyl halides is 1. The smallest absolute Gasteiger partial charge is 0.342 e. The molecule has 0 heterocycles. The van der Waals surface area contributed by atoms with Crippen LogP contribution in [0.1, 0.15) is 16.8 Å². The molecule has 0 fully saturated rings. The predicted molar refractivity (Wildman–Crippen MR) is 62.7 cm³/mol. The van der Waals surface area contributed by atoms with Gasteiger partial charge < -0.3 is 14.6 Å². The van der Waals surface area contributed by atoms with Gasteiger partial charge in [0.05, 0.1) is 31.4 Å². The van der Waals surface area contributed by atoms with E-state index in [9.17, 15) is 19.3 Å². The van der Waals surface area contributed by atoms with Crippen LogP contribution in [0.3, 0.4) is 0 Å². The summed E-state index contributed by atoms with van der Waals surface area (Å²) < 4.78 is 22.0. The molecule has 19 heavy (non-hydrogen) atoms.